The summed E-state index contributed by atoms with van der Waals surface area (Å²) in [6, 6.07) is 17.2. The maximum atomic E-state index is 12.7. The minimum atomic E-state index is -0.0707. The zero-order chi connectivity index (χ0) is 18.5. The summed E-state index contributed by atoms with van der Waals surface area (Å²) >= 11 is 0. The monoisotopic (exact) mass is 348 g/mol. The van der Waals surface area contributed by atoms with Crippen LogP contribution in [-0.2, 0) is 0 Å². The first kappa shape index (κ1) is 17.5. The fraction of sp³-hybridized carbons (Fsp3) is 0.136. The van der Waals surface area contributed by atoms with Crippen LogP contribution in [0.25, 0.3) is 16.8 Å². The number of carbonyl (C=O) groups excluding carboxylic acids is 1. The summed E-state index contributed by atoms with van der Waals surface area (Å²) in [7, 11) is 4.67. The van der Waals surface area contributed by atoms with Gasteiger partial charge >= 0.3 is 0 Å². The smallest absolute Gasteiger partial charge is 0.203 e. The minimum absolute atomic E-state index is 0.0707. The molecule has 0 radical (unpaired) electrons. The molecule has 0 saturated heterocycles. The molecule has 0 fully saturated rings. The zero-order valence-corrected chi connectivity index (χ0v) is 15.0. The Balaban J connectivity index is 1.98. The molecule has 26 heavy (non-hydrogen) atoms. The van der Waals surface area contributed by atoms with E-state index in [2.05, 4.69) is 0 Å². The summed E-state index contributed by atoms with van der Waals surface area (Å²) in [6.45, 7) is 0. The van der Waals surface area contributed by atoms with Crippen molar-refractivity contribution in [3.05, 3.63) is 71.8 Å². The molecule has 0 heterocycles. The first-order valence-electron chi connectivity index (χ1n) is 8.18. The Hall–Kier alpha value is -3.27. The molecule has 0 aromatic heterocycles. The van der Waals surface area contributed by atoms with Gasteiger partial charge in [0.25, 0.3) is 0 Å². The molecular formula is C22H20O4. The van der Waals surface area contributed by atoms with Gasteiger partial charge in [-0.1, -0.05) is 42.5 Å². The molecule has 0 unspecified atom stereocenters. The summed E-state index contributed by atoms with van der Waals surface area (Å²) in [4.78, 5) is 12.7. The summed E-state index contributed by atoms with van der Waals surface area (Å²) in [6.07, 6.45) is 3.27. The second-order valence-electron chi connectivity index (χ2n) is 5.65. The van der Waals surface area contributed by atoms with Crippen LogP contribution in [0.2, 0.25) is 0 Å². The van der Waals surface area contributed by atoms with Gasteiger partial charge in [0.15, 0.2) is 17.3 Å². The van der Waals surface area contributed by atoms with Gasteiger partial charge in [-0.3, -0.25) is 4.79 Å². The maximum Gasteiger partial charge on any atom is 0.203 e. The summed E-state index contributed by atoms with van der Waals surface area (Å²) in [5.41, 5.74) is 1.40. The van der Waals surface area contributed by atoms with Crippen molar-refractivity contribution in [3.63, 3.8) is 0 Å². The number of ketones is 1. The average Bonchev–Trinajstić information content (AvgIpc) is 2.70. The molecule has 4 nitrogen and oxygen atoms in total. The molecule has 4 heteroatoms. The van der Waals surface area contributed by atoms with E-state index in [0.717, 1.165) is 16.3 Å². The number of allylic oxidation sites excluding steroid dienone is 1. The van der Waals surface area contributed by atoms with E-state index in [1.54, 1.807) is 39.5 Å². The summed E-state index contributed by atoms with van der Waals surface area (Å²) < 4.78 is 16.1. The van der Waals surface area contributed by atoms with Crippen LogP contribution in [0.3, 0.4) is 0 Å². The van der Waals surface area contributed by atoms with Gasteiger partial charge in [0, 0.05) is 11.1 Å². The van der Waals surface area contributed by atoms with E-state index in [0.29, 0.717) is 22.8 Å². The fourth-order valence-corrected chi connectivity index (χ4v) is 2.95. The standard InChI is InChI=1S/C22H20O4/c1-24-20-14-12-16(21(25-2)22(20)26-3)11-13-19(23)18-10-6-8-15-7-4-5-9-17(15)18/h4-14H,1-3H3/b13-11+. The molecule has 3 aromatic rings. The third kappa shape index (κ3) is 3.26. The van der Waals surface area contributed by atoms with Crippen molar-refractivity contribution in [2.75, 3.05) is 21.3 Å². The highest BCUT2D eigenvalue weighted by Gasteiger charge is 2.14. The van der Waals surface area contributed by atoms with E-state index in [1.807, 2.05) is 48.5 Å². The van der Waals surface area contributed by atoms with Crippen LogP contribution in [0.5, 0.6) is 17.2 Å². The highest BCUT2D eigenvalue weighted by atomic mass is 16.5. The Morgan fingerprint density at radius 2 is 1.54 bits per heavy atom. The second kappa shape index (κ2) is 7.74. The van der Waals surface area contributed by atoms with Crippen molar-refractivity contribution in [1.29, 1.82) is 0 Å². The minimum Gasteiger partial charge on any atom is -0.493 e. The van der Waals surface area contributed by atoms with Crippen molar-refractivity contribution in [2.24, 2.45) is 0 Å². The Bertz CT molecular complexity index is 968. The number of hydrogen-bond acceptors (Lipinski definition) is 4. The molecule has 132 valence electrons. The second-order valence-corrected chi connectivity index (χ2v) is 5.65. The molecule has 0 aliphatic carbocycles. The lowest BCUT2D eigenvalue weighted by atomic mass is 10.0. The van der Waals surface area contributed by atoms with Crippen molar-refractivity contribution in [3.8, 4) is 17.2 Å². The molecule has 0 N–H and O–H groups in total. The van der Waals surface area contributed by atoms with Crippen LogP contribution in [-0.4, -0.2) is 27.1 Å². The number of fused-ring (bicyclic) bond motifs is 1. The lowest BCUT2D eigenvalue weighted by molar-refractivity contribution is 0.104. The lowest BCUT2D eigenvalue weighted by Gasteiger charge is -2.14. The van der Waals surface area contributed by atoms with Crippen LogP contribution in [0, 0.1) is 0 Å². The Morgan fingerprint density at radius 1 is 0.808 bits per heavy atom. The van der Waals surface area contributed by atoms with E-state index >= 15 is 0 Å². The highest BCUT2D eigenvalue weighted by Crippen LogP contribution is 2.40. The third-order valence-corrected chi connectivity index (χ3v) is 4.20. The molecular weight excluding hydrogens is 328 g/mol. The van der Waals surface area contributed by atoms with E-state index in [4.69, 9.17) is 14.2 Å². The molecule has 0 amide bonds. The third-order valence-electron chi connectivity index (χ3n) is 4.20. The van der Waals surface area contributed by atoms with Crippen LogP contribution in [0.1, 0.15) is 15.9 Å². The topological polar surface area (TPSA) is 44.8 Å². The first-order valence-corrected chi connectivity index (χ1v) is 8.18. The van der Waals surface area contributed by atoms with Crippen molar-refractivity contribution < 1.29 is 19.0 Å². The van der Waals surface area contributed by atoms with Gasteiger partial charge in [-0.25, -0.2) is 0 Å². The van der Waals surface area contributed by atoms with E-state index in [9.17, 15) is 4.79 Å². The van der Waals surface area contributed by atoms with Gasteiger partial charge in [-0.05, 0) is 35.1 Å². The van der Waals surface area contributed by atoms with Crippen molar-refractivity contribution >= 4 is 22.6 Å². The quantitative estimate of drug-likeness (QED) is 0.476. The van der Waals surface area contributed by atoms with Gasteiger partial charge in [0.2, 0.25) is 5.75 Å². The molecule has 3 rings (SSSR count). The summed E-state index contributed by atoms with van der Waals surface area (Å²) in [5.74, 6) is 1.52. The zero-order valence-electron chi connectivity index (χ0n) is 15.0. The van der Waals surface area contributed by atoms with Crippen LogP contribution >= 0.6 is 0 Å². The number of hydrogen-bond donors (Lipinski definition) is 0. The predicted octanol–water partition coefficient (Wildman–Crippen LogP) is 4.76. The first-order chi connectivity index (χ1) is 12.7. The summed E-state index contributed by atoms with van der Waals surface area (Å²) in [5, 5.41) is 1.97. The molecule has 0 aliphatic heterocycles. The van der Waals surface area contributed by atoms with Crippen LogP contribution in [0.4, 0.5) is 0 Å². The number of methoxy groups -OCH3 is 3. The Kier molecular flexibility index (Phi) is 5.23. The number of ether oxygens (including phenoxy) is 3. The largest absolute Gasteiger partial charge is 0.493 e. The number of carbonyl (C=O) groups is 1. The van der Waals surface area contributed by atoms with Crippen LogP contribution < -0.4 is 14.2 Å². The van der Waals surface area contributed by atoms with Crippen LogP contribution in [0.15, 0.2) is 60.7 Å². The lowest BCUT2D eigenvalue weighted by Crippen LogP contribution is -1.98. The van der Waals surface area contributed by atoms with Crippen molar-refractivity contribution in [2.45, 2.75) is 0 Å². The van der Waals surface area contributed by atoms with E-state index < -0.39 is 0 Å². The Labute approximate surface area is 152 Å². The fourth-order valence-electron chi connectivity index (χ4n) is 2.95. The maximum absolute atomic E-state index is 12.7. The normalized spacial score (nSPS) is 10.9. The predicted molar refractivity (Wildman–Crippen MR) is 103 cm³/mol. The molecule has 0 spiro atoms. The van der Waals surface area contributed by atoms with E-state index in [-0.39, 0.29) is 5.78 Å². The SMILES string of the molecule is COc1ccc(/C=C/C(=O)c2cccc3ccccc23)c(OC)c1OC. The van der Waals surface area contributed by atoms with Gasteiger partial charge < -0.3 is 14.2 Å². The van der Waals surface area contributed by atoms with Gasteiger partial charge in [0.1, 0.15) is 0 Å². The molecule has 0 saturated carbocycles. The van der Waals surface area contributed by atoms with Crippen molar-refractivity contribution in [1.82, 2.24) is 0 Å². The van der Waals surface area contributed by atoms with E-state index in [1.165, 1.54) is 0 Å². The molecule has 0 atom stereocenters. The molecule has 3 aromatic carbocycles. The number of benzene rings is 3. The van der Waals surface area contributed by atoms with Gasteiger partial charge in [-0.15, -0.1) is 0 Å². The molecule has 0 aliphatic rings. The average molecular weight is 348 g/mol. The molecule has 0 bridgehead atoms. The number of rotatable bonds is 6. The highest BCUT2D eigenvalue weighted by molar-refractivity contribution is 6.14. The van der Waals surface area contributed by atoms with Gasteiger partial charge in [0.05, 0.1) is 21.3 Å². The van der Waals surface area contributed by atoms with Gasteiger partial charge in [-0.2, -0.15) is 0 Å². The Morgan fingerprint density at radius 3 is 2.27 bits per heavy atom.